The fourth-order valence-electron chi connectivity index (χ4n) is 2.92. The summed E-state index contributed by atoms with van der Waals surface area (Å²) in [6.07, 6.45) is -0.759. The highest BCUT2D eigenvalue weighted by atomic mass is 16.5. The Morgan fingerprint density at radius 3 is 2.52 bits per heavy atom. The summed E-state index contributed by atoms with van der Waals surface area (Å²) >= 11 is 0. The number of rotatable bonds is 3. The number of aliphatic hydroxyl groups is 2. The highest BCUT2D eigenvalue weighted by Gasteiger charge is 2.34. The minimum atomic E-state index is -1.62. The van der Waals surface area contributed by atoms with Crippen molar-refractivity contribution < 1.29 is 19.7 Å². The van der Waals surface area contributed by atoms with Gasteiger partial charge in [-0.1, -0.05) is 42.5 Å². The van der Waals surface area contributed by atoms with Crippen molar-refractivity contribution in [2.45, 2.75) is 18.1 Å². The zero-order valence-corrected chi connectivity index (χ0v) is 11.3. The first-order valence-corrected chi connectivity index (χ1v) is 6.84. The molecule has 2 unspecified atom stereocenters. The van der Waals surface area contributed by atoms with E-state index >= 15 is 0 Å². The van der Waals surface area contributed by atoms with E-state index in [1.165, 1.54) is 0 Å². The van der Waals surface area contributed by atoms with Gasteiger partial charge in [-0.05, 0) is 11.6 Å². The van der Waals surface area contributed by atoms with Crippen molar-refractivity contribution in [1.82, 2.24) is 0 Å². The number of hydrogen-bond acceptors (Lipinski definition) is 4. The second-order valence-electron chi connectivity index (χ2n) is 5.12. The van der Waals surface area contributed by atoms with Crippen molar-refractivity contribution in [1.29, 1.82) is 0 Å². The number of ether oxygens (including phenoxy) is 1. The molecule has 0 amide bonds. The Bertz CT molecular complexity index is 636. The molecule has 21 heavy (non-hydrogen) atoms. The molecule has 1 heterocycles. The summed E-state index contributed by atoms with van der Waals surface area (Å²) < 4.78 is 5.73. The first kappa shape index (κ1) is 13.8. The molecule has 0 saturated heterocycles. The molecular weight excluding hydrogens is 268 g/mol. The van der Waals surface area contributed by atoms with E-state index in [1.807, 2.05) is 30.3 Å². The van der Waals surface area contributed by atoms with Crippen LogP contribution in [0.4, 0.5) is 0 Å². The average molecular weight is 284 g/mol. The lowest BCUT2D eigenvalue weighted by atomic mass is 9.79. The zero-order valence-electron chi connectivity index (χ0n) is 11.3. The second kappa shape index (κ2) is 5.68. The molecule has 0 aromatic heterocycles. The minimum absolute atomic E-state index is 0.129. The topological polar surface area (TPSA) is 66.8 Å². The van der Waals surface area contributed by atoms with Crippen LogP contribution in [-0.4, -0.2) is 23.1 Å². The molecule has 3 rings (SSSR count). The fraction of sp³-hybridized carbons (Fsp3) is 0.235. The Kier molecular flexibility index (Phi) is 3.73. The highest BCUT2D eigenvalue weighted by molar-refractivity contribution is 5.69. The molecule has 0 saturated carbocycles. The lowest BCUT2D eigenvalue weighted by Gasteiger charge is -2.32. The van der Waals surface area contributed by atoms with Gasteiger partial charge in [0.2, 0.25) is 0 Å². The quantitative estimate of drug-likeness (QED) is 0.669. The van der Waals surface area contributed by atoms with Crippen LogP contribution in [0.3, 0.4) is 0 Å². The third-order valence-electron chi connectivity index (χ3n) is 3.94. The molecule has 4 nitrogen and oxygen atoms in total. The number of aldehydes is 1. The molecule has 0 fully saturated rings. The van der Waals surface area contributed by atoms with Crippen LogP contribution in [0.1, 0.15) is 34.8 Å². The van der Waals surface area contributed by atoms with Crippen LogP contribution >= 0.6 is 0 Å². The van der Waals surface area contributed by atoms with Crippen LogP contribution in [0.25, 0.3) is 0 Å². The van der Waals surface area contributed by atoms with Gasteiger partial charge in [0, 0.05) is 17.0 Å². The van der Waals surface area contributed by atoms with E-state index in [-0.39, 0.29) is 5.92 Å². The smallest absolute Gasteiger partial charge is 0.178 e. The van der Waals surface area contributed by atoms with Crippen molar-refractivity contribution in [3.05, 3.63) is 65.2 Å². The highest BCUT2D eigenvalue weighted by Crippen LogP contribution is 2.43. The average Bonchev–Trinajstić information content (AvgIpc) is 2.53. The van der Waals surface area contributed by atoms with E-state index < -0.39 is 12.2 Å². The molecule has 108 valence electrons. The molecule has 4 heteroatoms. The van der Waals surface area contributed by atoms with Crippen LogP contribution in [0.5, 0.6) is 5.75 Å². The Morgan fingerprint density at radius 1 is 1.10 bits per heavy atom. The van der Waals surface area contributed by atoms with Crippen molar-refractivity contribution in [3.63, 3.8) is 0 Å². The lowest BCUT2D eigenvalue weighted by molar-refractivity contribution is -0.110. The van der Waals surface area contributed by atoms with Crippen LogP contribution in [-0.2, 0) is 4.79 Å². The SMILES string of the molecule is O=CC1c2c(cccc2C(O)O)OCC1c1ccccc1. The standard InChI is InChI=1S/C17H16O4/c18-9-13-14(11-5-2-1-3-6-11)10-21-15-8-4-7-12(16(13)15)17(19)20/h1-9,13-14,17,19-20H,10H2. The van der Waals surface area contributed by atoms with Crippen molar-refractivity contribution >= 4 is 6.29 Å². The van der Waals surface area contributed by atoms with Crippen molar-refractivity contribution in [2.75, 3.05) is 6.61 Å². The van der Waals surface area contributed by atoms with Crippen LogP contribution < -0.4 is 4.74 Å². The number of aliphatic hydroxyl groups excluding tert-OH is 1. The first-order valence-electron chi connectivity index (χ1n) is 6.84. The third kappa shape index (κ3) is 2.44. The molecule has 0 aliphatic carbocycles. The Morgan fingerprint density at radius 2 is 1.86 bits per heavy atom. The van der Waals surface area contributed by atoms with Gasteiger partial charge < -0.3 is 19.7 Å². The third-order valence-corrected chi connectivity index (χ3v) is 3.94. The van der Waals surface area contributed by atoms with Gasteiger partial charge in [0.05, 0.1) is 12.5 Å². The summed E-state index contributed by atoms with van der Waals surface area (Å²) in [5.74, 6) is -0.0323. The maximum absolute atomic E-state index is 11.7. The van der Waals surface area contributed by atoms with E-state index in [2.05, 4.69) is 0 Å². The summed E-state index contributed by atoms with van der Waals surface area (Å²) in [4.78, 5) is 11.7. The van der Waals surface area contributed by atoms with Crippen LogP contribution in [0.15, 0.2) is 48.5 Å². The number of hydrogen-bond donors (Lipinski definition) is 2. The van der Waals surface area contributed by atoms with Crippen LogP contribution in [0, 0.1) is 0 Å². The molecule has 0 radical (unpaired) electrons. The van der Waals surface area contributed by atoms with Gasteiger partial charge in [-0.2, -0.15) is 0 Å². The van der Waals surface area contributed by atoms with Gasteiger partial charge in [0.25, 0.3) is 0 Å². The number of carbonyl (C=O) groups is 1. The molecule has 1 aliphatic heterocycles. The van der Waals surface area contributed by atoms with Gasteiger partial charge >= 0.3 is 0 Å². The van der Waals surface area contributed by atoms with Gasteiger partial charge in [-0.25, -0.2) is 0 Å². The summed E-state index contributed by atoms with van der Waals surface area (Å²) in [5.41, 5.74) is 1.90. The predicted octanol–water partition coefficient (Wildman–Crippen LogP) is 2.13. The number of benzene rings is 2. The van der Waals surface area contributed by atoms with Crippen molar-refractivity contribution in [3.8, 4) is 5.75 Å². The van der Waals surface area contributed by atoms with Crippen LogP contribution in [0.2, 0.25) is 0 Å². The molecule has 0 bridgehead atoms. The van der Waals surface area contributed by atoms with E-state index in [9.17, 15) is 15.0 Å². The van der Waals surface area contributed by atoms with E-state index in [0.717, 1.165) is 11.8 Å². The first-order chi connectivity index (χ1) is 10.2. The number of carbonyl (C=O) groups excluding carboxylic acids is 1. The van der Waals surface area contributed by atoms with E-state index in [0.29, 0.717) is 23.5 Å². The minimum Gasteiger partial charge on any atom is -0.493 e. The van der Waals surface area contributed by atoms with Gasteiger partial charge in [0.1, 0.15) is 12.0 Å². The maximum Gasteiger partial charge on any atom is 0.178 e. The largest absolute Gasteiger partial charge is 0.493 e. The Balaban J connectivity index is 2.10. The van der Waals surface area contributed by atoms with E-state index in [1.54, 1.807) is 18.2 Å². The fourth-order valence-corrected chi connectivity index (χ4v) is 2.92. The Hall–Kier alpha value is -2.17. The molecule has 2 N–H and O–H groups in total. The molecular formula is C17H16O4. The summed E-state index contributed by atoms with van der Waals surface area (Å²) in [7, 11) is 0. The van der Waals surface area contributed by atoms with Gasteiger partial charge in [-0.15, -0.1) is 0 Å². The summed E-state index contributed by atoms with van der Waals surface area (Å²) in [5, 5.41) is 19.1. The summed E-state index contributed by atoms with van der Waals surface area (Å²) in [6.45, 7) is 0.394. The number of fused-ring (bicyclic) bond motifs is 1. The molecule has 0 spiro atoms. The molecule has 2 aromatic rings. The molecule has 2 atom stereocenters. The van der Waals surface area contributed by atoms with E-state index in [4.69, 9.17) is 4.74 Å². The van der Waals surface area contributed by atoms with Gasteiger partial charge in [0.15, 0.2) is 6.29 Å². The molecule has 2 aromatic carbocycles. The predicted molar refractivity (Wildman–Crippen MR) is 77.1 cm³/mol. The van der Waals surface area contributed by atoms with Crippen molar-refractivity contribution in [2.24, 2.45) is 0 Å². The maximum atomic E-state index is 11.7. The van der Waals surface area contributed by atoms with Gasteiger partial charge in [-0.3, -0.25) is 0 Å². The summed E-state index contributed by atoms with van der Waals surface area (Å²) in [6, 6.07) is 14.7. The Labute approximate surface area is 122 Å². The second-order valence-corrected chi connectivity index (χ2v) is 5.12. The lowest BCUT2D eigenvalue weighted by Crippen LogP contribution is -2.27. The zero-order chi connectivity index (χ0) is 14.8. The normalized spacial score (nSPS) is 20.7. The molecule has 1 aliphatic rings. The monoisotopic (exact) mass is 284 g/mol.